The van der Waals surface area contributed by atoms with Crippen molar-refractivity contribution in [2.24, 2.45) is 4.99 Å². The van der Waals surface area contributed by atoms with E-state index in [1.165, 1.54) is 25.7 Å². The van der Waals surface area contributed by atoms with E-state index in [0.29, 0.717) is 0 Å². The van der Waals surface area contributed by atoms with E-state index in [2.05, 4.69) is 41.5 Å². The van der Waals surface area contributed by atoms with E-state index < -0.39 is 0 Å². The molecule has 1 aliphatic carbocycles. The van der Waals surface area contributed by atoms with Gasteiger partial charge in [0.25, 0.3) is 0 Å². The van der Waals surface area contributed by atoms with Gasteiger partial charge in [-0.3, -0.25) is 4.99 Å². The molecule has 1 saturated carbocycles. The molecule has 0 bridgehead atoms. The lowest BCUT2D eigenvalue weighted by Gasteiger charge is -2.23. The Hall–Kier alpha value is -0.120. The Kier molecular flexibility index (Phi) is 16.0. The average Bonchev–Trinajstić information content (AvgIpc) is 3.09. The van der Waals surface area contributed by atoms with Gasteiger partial charge in [0.2, 0.25) is 0 Å². The first-order valence-corrected chi connectivity index (χ1v) is 9.57. The Morgan fingerprint density at radius 3 is 2.48 bits per heavy atom. The first-order chi connectivity index (χ1) is 11.7. The zero-order valence-corrected chi connectivity index (χ0v) is 19.1. The third-order valence-corrected chi connectivity index (χ3v) is 4.69. The van der Waals surface area contributed by atoms with E-state index >= 15 is 0 Å². The predicted molar refractivity (Wildman–Crippen MR) is 118 cm³/mol. The first-order valence-electron chi connectivity index (χ1n) is 9.57. The fraction of sp³-hybridized carbons (Fsp3) is 0.944. The molecule has 0 amide bonds. The lowest BCUT2D eigenvalue weighted by Crippen LogP contribution is -2.41. The van der Waals surface area contributed by atoms with E-state index in [4.69, 9.17) is 9.73 Å². The molecule has 2 N–H and O–H groups in total. The summed E-state index contributed by atoms with van der Waals surface area (Å²) in [5.74, 6) is 0.933. The minimum absolute atomic E-state index is 0. The molecule has 0 heterocycles. The standard InChI is InChI=1S/C18H39N5O.HI/c1-5-19-18(20-11-14-22(2)13-8-16-24-4)21-12-15-23(3)17-9-6-7-10-17;/h17H,5-16H2,1-4H3,(H2,19,20,21);1H. The number of halogens is 1. The van der Waals surface area contributed by atoms with Gasteiger partial charge in [-0.25, -0.2) is 0 Å². The topological polar surface area (TPSA) is 52.1 Å². The number of likely N-dealkylation sites (N-methyl/N-ethyl adjacent to an activating group) is 2. The minimum atomic E-state index is 0. The lowest BCUT2D eigenvalue weighted by atomic mass is 10.2. The van der Waals surface area contributed by atoms with Crippen molar-refractivity contribution in [2.45, 2.75) is 45.1 Å². The molecule has 0 spiro atoms. The summed E-state index contributed by atoms with van der Waals surface area (Å²) in [6, 6.07) is 0.775. The molecule has 25 heavy (non-hydrogen) atoms. The molecular formula is C18H40IN5O. The van der Waals surface area contributed by atoms with Gasteiger partial charge in [-0.15, -0.1) is 24.0 Å². The maximum absolute atomic E-state index is 5.09. The van der Waals surface area contributed by atoms with Crippen molar-refractivity contribution in [2.75, 3.05) is 67.1 Å². The Bertz CT molecular complexity index is 337. The lowest BCUT2D eigenvalue weighted by molar-refractivity contribution is 0.180. The summed E-state index contributed by atoms with van der Waals surface area (Å²) in [5.41, 5.74) is 0. The van der Waals surface area contributed by atoms with E-state index in [9.17, 15) is 0 Å². The number of methoxy groups -OCH3 is 1. The molecule has 0 aliphatic heterocycles. The van der Waals surface area contributed by atoms with Gasteiger partial charge >= 0.3 is 0 Å². The van der Waals surface area contributed by atoms with Crippen molar-refractivity contribution < 1.29 is 4.74 Å². The summed E-state index contributed by atoms with van der Waals surface area (Å²) in [4.78, 5) is 9.51. The Labute approximate surface area is 172 Å². The van der Waals surface area contributed by atoms with Crippen LogP contribution in [0, 0.1) is 0 Å². The summed E-state index contributed by atoms with van der Waals surface area (Å²) in [6.07, 6.45) is 6.57. The van der Waals surface area contributed by atoms with Crippen LogP contribution in [0.1, 0.15) is 39.0 Å². The van der Waals surface area contributed by atoms with Crippen molar-refractivity contribution in [1.29, 1.82) is 0 Å². The number of hydrogen-bond acceptors (Lipinski definition) is 4. The van der Waals surface area contributed by atoms with E-state index in [-0.39, 0.29) is 24.0 Å². The molecule has 1 rings (SSSR count). The number of guanidine groups is 1. The molecule has 1 fully saturated rings. The number of hydrogen-bond donors (Lipinski definition) is 2. The smallest absolute Gasteiger partial charge is 0.191 e. The van der Waals surface area contributed by atoms with Crippen LogP contribution in [0.4, 0.5) is 0 Å². The molecule has 0 atom stereocenters. The number of nitrogens with zero attached hydrogens (tertiary/aromatic N) is 3. The number of nitrogens with one attached hydrogen (secondary N) is 2. The fourth-order valence-corrected chi connectivity index (χ4v) is 3.14. The molecule has 7 heteroatoms. The fourth-order valence-electron chi connectivity index (χ4n) is 3.14. The highest BCUT2D eigenvalue weighted by atomic mass is 127. The van der Waals surface area contributed by atoms with Gasteiger partial charge in [0.15, 0.2) is 5.96 Å². The quantitative estimate of drug-likeness (QED) is 0.198. The van der Waals surface area contributed by atoms with Crippen molar-refractivity contribution >= 4 is 29.9 Å². The van der Waals surface area contributed by atoms with Gasteiger partial charge in [-0.2, -0.15) is 0 Å². The van der Waals surface area contributed by atoms with Gasteiger partial charge in [0, 0.05) is 52.5 Å². The second kappa shape index (κ2) is 16.1. The Balaban J connectivity index is 0.00000576. The van der Waals surface area contributed by atoms with Gasteiger partial charge < -0.3 is 25.2 Å². The molecule has 0 aromatic heterocycles. The number of aliphatic imine (C=N–C) groups is 1. The normalized spacial score (nSPS) is 15.7. The summed E-state index contributed by atoms with van der Waals surface area (Å²) >= 11 is 0. The molecule has 0 aromatic carbocycles. The van der Waals surface area contributed by atoms with Crippen LogP contribution in [0.15, 0.2) is 4.99 Å². The SMILES string of the molecule is CCNC(=NCCN(C)C1CCCC1)NCCN(C)CCCOC.I. The zero-order chi connectivity index (χ0) is 17.6. The van der Waals surface area contributed by atoms with Crippen molar-refractivity contribution in [1.82, 2.24) is 20.4 Å². The van der Waals surface area contributed by atoms with Crippen molar-refractivity contribution in [3.63, 3.8) is 0 Å². The van der Waals surface area contributed by atoms with Gasteiger partial charge in [0.1, 0.15) is 0 Å². The van der Waals surface area contributed by atoms with Crippen molar-refractivity contribution in [3.05, 3.63) is 0 Å². The van der Waals surface area contributed by atoms with E-state index in [0.717, 1.165) is 64.3 Å². The number of ether oxygens (including phenoxy) is 1. The second-order valence-corrected chi connectivity index (χ2v) is 6.76. The van der Waals surface area contributed by atoms with Crippen LogP contribution in [-0.2, 0) is 4.74 Å². The molecule has 0 radical (unpaired) electrons. The van der Waals surface area contributed by atoms with Crippen LogP contribution in [0.3, 0.4) is 0 Å². The van der Waals surface area contributed by atoms with E-state index in [1.807, 2.05) is 0 Å². The first kappa shape index (κ1) is 24.9. The van der Waals surface area contributed by atoms with E-state index in [1.54, 1.807) is 7.11 Å². The highest BCUT2D eigenvalue weighted by molar-refractivity contribution is 14.0. The van der Waals surface area contributed by atoms with Gasteiger partial charge in [-0.05, 0) is 40.3 Å². The maximum atomic E-state index is 5.09. The van der Waals surface area contributed by atoms with Gasteiger partial charge in [0.05, 0.1) is 6.54 Å². The van der Waals surface area contributed by atoms with Crippen LogP contribution >= 0.6 is 24.0 Å². The molecular weight excluding hydrogens is 429 g/mol. The zero-order valence-electron chi connectivity index (χ0n) is 16.7. The molecule has 150 valence electrons. The molecule has 0 saturated heterocycles. The number of rotatable bonds is 12. The highest BCUT2D eigenvalue weighted by Gasteiger charge is 2.18. The second-order valence-electron chi connectivity index (χ2n) is 6.76. The van der Waals surface area contributed by atoms with Crippen molar-refractivity contribution in [3.8, 4) is 0 Å². The molecule has 0 unspecified atom stereocenters. The third-order valence-electron chi connectivity index (χ3n) is 4.69. The summed E-state index contributed by atoms with van der Waals surface area (Å²) in [5, 5.41) is 6.77. The predicted octanol–water partition coefficient (Wildman–Crippen LogP) is 2.00. The average molecular weight is 469 g/mol. The summed E-state index contributed by atoms with van der Waals surface area (Å²) in [6.45, 7) is 8.71. The minimum Gasteiger partial charge on any atom is -0.385 e. The largest absolute Gasteiger partial charge is 0.385 e. The van der Waals surface area contributed by atoms with Crippen LogP contribution in [0.2, 0.25) is 0 Å². The Morgan fingerprint density at radius 1 is 1.12 bits per heavy atom. The molecule has 6 nitrogen and oxygen atoms in total. The van der Waals surface area contributed by atoms with Crippen LogP contribution in [-0.4, -0.2) is 88.9 Å². The van der Waals surface area contributed by atoms with Crippen LogP contribution in [0.5, 0.6) is 0 Å². The third kappa shape index (κ3) is 12.0. The maximum Gasteiger partial charge on any atom is 0.191 e. The summed E-state index contributed by atoms with van der Waals surface area (Å²) < 4.78 is 5.09. The monoisotopic (exact) mass is 469 g/mol. The summed E-state index contributed by atoms with van der Waals surface area (Å²) in [7, 11) is 6.14. The Morgan fingerprint density at radius 2 is 1.84 bits per heavy atom. The molecule has 1 aliphatic rings. The van der Waals surface area contributed by atoms with Crippen LogP contribution in [0.25, 0.3) is 0 Å². The highest BCUT2D eigenvalue weighted by Crippen LogP contribution is 2.21. The van der Waals surface area contributed by atoms with Gasteiger partial charge in [-0.1, -0.05) is 12.8 Å². The molecule has 0 aromatic rings. The van der Waals surface area contributed by atoms with Crippen LogP contribution < -0.4 is 10.6 Å².